The molecule has 0 bridgehead atoms. The standard InChI is InChI=1S/C12H18FNO4S2/c1-12(15,8-19-3)7-14-20(16,17)9-4-5-11(18-2)10(13)6-9/h4-6,14-15H,7-8H2,1-3H3. The van der Waals surface area contributed by atoms with Gasteiger partial charge < -0.3 is 9.84 Å². The van der Waals surface area contributed by atoms with E-state index in [-0.39, 0.29) is 17.2 Å². The van der Waals surface area contributed by atoms with Crippen LogP contribution in [-0.4, -0.2) is 44.8 Å². The number of hydrogen-bond donors (Lipinski definition) is 2. The van der Waals surface area contributed by atoms with E-state index in [4.69, 9.17) is 4.74 Å². The molecule has 114 valence electrons. The molecule has 8 heteroatoms. The predicted octanol–water partition coefficient (Wildman–Crippen LogP) is 1.23. The van der Waals surface area contributed by atoms with Crippen LogP contribution in [0.25, 0.3) is 0 Å². The van der Waals surface area contributed by atoms with Crippen molar-refractivity contribution in [3.05, 3.63) is 24.0 Å². The number of thioether (sulfide) groups is 1. The molecule has 0 amide bonds. The molecule has 0 saturated heterocycles. The molecule has 0 spiro atoms. The van der Waals surface area contributed by atoms with Gasteiger partial charge in [0.2, 0.25) is 10.0 Å². The molecular formula is C12H18FNO4S2. The number of sulfonamides is 1. The predicted molar refractivity (Wildman–Crippen MR) is 77.1 cm³/mol. The summed E-state index contributed by atoms with van der Waals surface area (Å²) in [7, 11) is -2.58. The summed E-state index contributed by atoms with van der Waals surface area (Å²) >= 11 is 1.40. The third-order valence-electron chi connectivity index (χ3n) is 2.53. The molecule has 2 N–H and O–H groups in total. The van der Waals surface area contributed by atoms with E-state index < -0.39 is 21.4 Å². The Morgan fingerprint density at radius 1 is 1.50 bits per heavy atom. The largest absolute Gasteiger partial charge is 0.494 e. The third kappa shape index (κ3) is 4.62. The lowest BCUT2D eigenvalue weighted by Crippen LogP contribution is -2.42. The zero-order valence-corrected chi connectivity index (χ0v) is 13.1. The van der Waals surface area contributed by atoms with Crippen molar-refractivity contribution in [1.29, 1.82) is 0 Å². The van der Waals surface area contributed by atoms with Crippen LogP contribution in [0.1, 0.15) is 6.92 Å². The van der Waals surface area contributed by atoms with Gasteiger partial charge in [0, 0.05) is 12.3 Å². The first-order chi connectivity index (χ1) is 9.22. The number of aliphatic hydroxyl groups is 1. The van der Waals surface area contributed by atoms with Crippen LogP contribution in [0.3, 0.4) is 0 Å². The summed E-state index contributed by atoms with van der Waals surface area (Å²) in [5.41, 5.74) is -1.17. The Morgan fingerprint density at radius 3 is 2.65 bits per heavy atom. The monoisotopic (exact) mass is 323 g/mol. The Hall–Kier alpha value is -0.830. The molecule has 1 aromatic rings. The minimum absolute atomic E-state index is 0.0293. The van der Waals surface area contributed by atoms with Gasteiger partial charge in [0.1, 0.15) is 0 Å². The second kappa shape index (κ2) is 6.75. The van der Waals surface area contributed by atoms with Crippen molar-refractivity contribution in [1.82, 2.24) is 4.72 Å². The normalized spacial score (nSPS) is 14.8. The lowest BCUT2D eigenvalue weighted by Gasteiger charge is -2.22. The molecule has 5 nitrogen and oxygen atoms in total. The van der Waals surface area contributed by atoms with Gasteiger partial charge in [-0.05, 0) is 31.4 Å². The van der Waals surface area contributed by atoms with Crippen molar-refractivity contribution in [2.75, 3.05) is 25.7 Å². The molecule has 20 heavy (non-hydrogen) atoms. The van der Waals surface area contributed by atoms with Crippen molar-refractivity contribution in [3.63, 3.8) is 0 Å². The fourth-order valence-electron chi connectivity index (χ4n) is 1.51. The van der Waals surface area contributed by atoms with E-state index >= 15 is 0 Å². The summed E-state index contributed by atoms with van der Waals surface area (Å²) in [4.78, 5) is -0.212. The smallest absolute Gasteiger partial charge is 0.240 e. The van der Waals surface area contributed by atoms with Crippen LogP contribution < -0.4 is 9.46 Å². The fourth-order valence-corrected chi connectivity index (χ4v) is 3.41. The molecule has 0 aliphatic carbocycles. The number of benzene rings is 1. The van der Waals surface area contributed by atoms with Crippen molar-refractivity contribution < 1.29 is 22.7 Å². The molecule has 1 unspecified atom stereocenters. The number of rotatable bonds is 7. The Labute approximate surface area is 122 Å². The molecule has 0 fully saturated rings. The summed E-state index contributed by atoms with van der Waals surface area (Å²) in [6.45, 7) is 1.38. The third-order valence-corrected chi connectivity index (χ3v) is 4.84. The van der Waals surface area contributed by atoms with Crippen molar-refractivity contribution in [2.45, 2.75) is 17.4 Å². The maximum absolute atomic E-state index is 13.5. The fraction of sp³-hybridized carbons (Fsp3) is 0.500. The van der Waals surface area contributed by atoms with Crippen molar-refractivity contribution in [2.24, 2.45) is 0 Å². The summed E-state index contributed by atoms with van der Waals surface area (Å²) < 4.78 is 44.5. The van der Waals surface area contributed by atoms with Crippen LogP contribution in [0.2, 0.25) is 0 Å². The maximum atomic E-state index is 13.5. The van der Waals surface area contributed by atoms with Gasteiger partial charge in [-0.2, -0.15) is 11.8 Å². The minimum atomic E-state index is -3.87. The molecule has 0 radical (unpaired) electrons. The number of hydrogen-bond acceptors (Lipinski definition) is 5. The SMILES string of the molecule is COc1ccc(S(=O)(=O)NCC(C)(O)CSC)cc1F. The van der Waals surface area contributed by atoms with E-state index in [0.717, 1.165) is 6.07 Å². The lowest BCUT2D eigenvalue weighted by atomic mass is 10.1. The van der Waals surface area contributed by atoms with Crippen LogP contribution >= 0.6 is 11.8 Å². The lowest BCUT2D eigenvalue weighted by molar-refractivity contribution is 0.0908. The number of nitrogens with one attached hydrogen (secondary N) is 1. The van der Waals surface area contributed by atoms with Crippen LogP contribution in [-0.2, 0) is 10.0 Å². The summed E-state index contributed by atoms with van der Waals surface area (Å²) in [6.07, 6.45) is 1.81. The van der Waals surface area contributed by atoms with Gasteiger partial charge in [-0.3, -0.25) is 0 Å². The second-order valence-corrected chi connectivity index (χ2v) is 7.18. The van der Waals surface area contributed by atoms with Crippen LogP contribution in [0.5, 0.6) is 5.75 Å². The Bertz CT molecular complexity index is 561. The number of methoxy groups -OCH3 is 1. The van der Waals surface area contributed by atoms with Crippen LogP contribution in [0.15, 0.2) is 23.1 Å². The Morgan fingerprint density at radius 2 is 2.15 bits per heavy atom. The van der Waals surface area contributed by atoms with E-state index in [1.54, 1.807) is 0 Å². The summed E-state index contributed by atoms with van der Waals surface area (Å²) in [6, 6.07) is 3.36. The highest BCUT2D eigenvalue weighted by Gasteiger charge is 2.24. The van der Waals surface area contributed by atoms with Crippen molar-refractivity contribution >= 4 is 21.8 Å². The quantitative estimate of drug-likeness (QED) is 0.789. The summed E-state index contributed by atoms with van der Waals surface area (Å²) in [5.74, 6) is -0.406. The number of halogens is 1. The molecule has 0 aromatic heterocycles. The second-order valence-electron chi connectivity index (χ2n) is 4.55. The Kier molecular flexibility index (Phi) is 5.81. The molecule has 1 aromatic carbocycles. The highest BCUT2D eigenvalue weighted by Crippen LogP contribution is 2.20. The maximum Gasteiger partial charge on any atom is 0.240 e. The molecule has 0 aliphatic heterocycles. The average Bonchev–Trinajstić information content (AvgIpc) is 2.36. The van der Waals surface area contributed by atoms with E-state index in [0.29, 0.717) is 5.75 Å². The molecule has 0 saturated carbocycles. The zero-order valence-electron chi connectivity index (χ0n) is 11.5. The molecule has 0 heterocycles. The van der Waals surface area contributed by atoms with E-state index in [1.807, 2.05) is 6.26 Å². The zero-order chi connectivity index (χ0) is 15.4. The van der Waals surface area contributed by atoms with E-state index in [9.17, 15) is 17.9 Å². The van der Waals surface area contributed by atoms with Gasteiger partial charge in [-0.15, -0.1) is 0 Å². The van der Waals surface area contributed by atoms with Gasteiger partial charge in [0.05, 0.1) is 17.6 Å². The van der Waals surface area contributed by atoms with Crippen LogP contribution in [0.4, 0.5) is 4.39 Å². The van der Waals surface area contributed by atoms with Gasteiger partial charge in [0.15, 0.2) is 11.6 Å². The Balaban J connectivity index is 2.87. The minimum Gasteiger partial charge on any atom is -0.494 e. The van der Waals surface area contributed by atoms with Crippen molar-refractivity contribution in [3.8, 4) is 5.75 Å². The molecule has 1 atom stereocenters. The number of ether oxygens (including phenoxy) is 1. The van der Waals surface area contributed by atoms with Gasteiger partial charge in [0.25, 0.3) is 0 Å². The first-order valence-electron chi connectivity index (χ1n) is 5.76. The topological polar surface area (TPSA) is 75.6 Å². The van der Waals surface area contributed by atoms with Crippen LogP contribution in [0, 0.1) is 5.82 Å². The van der Waals surface area contributed by atoms with Gasteiger partial charge >= 0.3 is 0 Å². The van der Waals surface area contributed by atoms with Gasteiger partial charge in [-0.25, -0.2) is 17.5 Å². The molecule has 1 rings (SSSR count). The first-order valence-corrected chi connectivity index (χ1v) is 8.64. The molecule has 0 aliphatic rings. The van der Waals surface area contributed by atoms with Gasteiger partial charge in [-0.1, -0.05) is 0 Å². The van der Waals surface area contributed by atoms with E-state index in [2.05, 4.69) is 4.72 Å². The highest BCUT2D eigenvalue weighted by atomic mass is 32.2. The first kappa shape index (κ1) is 17.2. The average molecular weight is 323 g/mol. The summed E-state index contributed by atoms with van der Waals surface area (Å²) in [5, 5.41) is 9.92. The van der Waals surface area contributed by atoms with E-state index in [1.165, 1.54) is 37.9 Å². The molecular weight excluding hydrogens is 305 g/mol. The highest BCUT2D eigenvalue weighted by molar-refractivity contribution is 7.98.